The van der Waals surface area contributed by atoms with Crippen LogP contribution in [0.3, 0.4) is 0 Å². The third kappa shape index (κ3) is 10.3. The van der Waals surface area contributed by atoms with E-state index in [-0.39, 0.29) is 18.4 Å². The van der Waals surface area contributed by atoms with E-state index < -0.39 is 12.1 Å². The maximum Gasteiger partial charge on any atom is 0.303 e. The van der Waals surface area contributed by atoms with Gasteiger partial charge >= 0.3 is 5.97 Å². The Labute approximate surface area is 165 Å². The number of thioether (sulfide) groups is 2. The molecule has 0 saturated carbocycles. The summed E-state index contributed by atoms with van der Waals surface area (Å²) in [5, 5.41) is 18.7. The second-order valence-electron chi connectivity index (χ2n) is 6.26. The van der Waals surface area contributed by atoms with Gasteiger partial charge < -0.3 is 15.1 Å². The van der Waals surface area contributed by atoms with Gasteiger partial charge in [0, 0.05) is 30.9 Å². The van der Waals surface area contributed by atoms with Crippen molar-refractivity contribution in [1.29, 1.82) is 0 Å². The number of aliphatic hydroxyl groups excluding tert-OH is 1. The molecule has 2 atom stereocenters. The van der Waals surface area contributed by atoms with E-state index >= 15 is 0 Å². The predicted octanol–water partition coefficient (Wildman–Crippen LogP) is 3.19. The highest BCUT2D eigenvalue weighted by molar-refractivity contribution is 7.99. The first kappa shape index (κ1) is 23.1. The molecule has 5 nitrogen and oxygen atoms in total. The largest absolute Gasteiger partial charge is 0.481 e. The number of allylic oxidation sites excluding steroid dienone is 1. The topological polar surface area (TPSA) is 77.8 Å². The van der Waals surface area contributed by atoms with E-state index in [1.807, 2.05) is 23.1 Å². The van der Waals surface area contributed by atoms with Crippen LogP contribution in [0.2, 0.25) is 0 Å². The number of likely N-dealkylation sites (tertiary alicyclic amines) is 1. The minimum atomic E-state index is -0.761. The summed E-state index contributed by atoms with van der Waals surface area (Å²) >= 11 is 3.42. The van der Waals surface area contributed by atoms with Crippen molar-refractivity contribution in [2.24, 2.45) is 0 Å². The highest BCUT2D eigenvalue weighted by Crippen LogP contribution is 2.21. The number of nitrogens with zero attached hydrogens (tertiary/aromatic N) is 1. The van der Waals surface area contributed by atoms with Gasteiger partial charge in [-0.3, -0.25) is 9.59 Å². The van der Waals surface area contributed by atoms with Crippen molar-refractivity contribution in [2.75, 3.05) is 29.6 Å². The number of carboxylic acid groups (broad SMARTS) is 1. The van der Waals surface area contributed by atoms with Gasteiger partial charge in [0.05, 0.1) is 12.1 Å². The van der Waals surface area contributed by atoms with Crippen molar-refractivity contribution in [1.82, 2.24) is 4.90 Å². The first-order valence-electron chi connectivity index (χ1n) is 9.18. The van der Waals surface area contributed by atoms with Gasteiger partial charge in [-0.25, -0.2) is 0 Å². The summed E-state index contributed by atoms with van der Waals surface area (Å²) in [6.07, 6.45) is 9.53. The van der Waals surface area contributed by atoms with Gasteiger partial charge in [0.15, 0.2) is 0 Å². The van der Waals surface area contributed by atoms with Crippen molar-refractivity contribution in [3.63, 3.8) is 0 Å². The fourth-order valence-corrected chi connectivity index (χ4v) is 4.45. The Morgan fingerprint density at radius 2 is 2.08 bits per heavy atom. The minimum absolute atomic E-state index is 0.0718. The molecule has 0 aliphatic carbocycles. The SMILES string of the molecule is C=CCCCSCC(O)/C=C/[C@H]1CCC(=O)N1CCSCCCC(=O)O. The third-order valence-electron chi connectivity index (χ3n) is 4.07. The van der Waals surface area contributed by atoms with Crippen LogP contribution >= 0.6 is 23.5 Å². The Bertz CT molecular complexity index is 470. The Kier molecular flexibility index (Phi) is 12.6. The number of hydrogen-bond acceptors (Lipinski definition) is 5. The number of amides is 1. The van der Waals surface area contributed by atoms with Gasteiger partial charge in [0.2, 0.25) is 5.91 Å². The van der Waals surface area contributed by atoms with Crippen LogP contribution in [-0.2, 0) is 9.59 Å². The summed E-state index contributed by atoms with van der Waals surface area (Å²) in [5.41, 5.74) is 0. The van der Waals surface area contributed by atoms with E-state index in [1.54, 1.807) is 23.5 Å². The van der Waals surface area contributed by atoms with E-state index in [2.05, 4.69) is 6.58 Å². The van der Waals surface area contributed by atoms with Crippen molar-refractivity contribution in [2.45, 2.75) is 50.7 Å². The Hall–Kier alpha value is -0.920. The summed E-state index contributed by atoms with van der Waals surface area (Å²) < 4.78 is 0. The van der Waals surface area contributed by atoms with Crippen molar-refractivity contribution in [3.05, 3.63) is 24.8 Å². The fraction of sp³-hybridized carbons (Fsp3) is 0.684. The van der Waals surface area contributed by atoms with E-state index in [0.717, 1.165) is 36.5 Å². The molecular weight excluding hydrogens is 370 g/mol. The summed E-state index contributed by atoms with van der Waals surface area (Å²) in [6, 6.07) is 0.0718. The Balaban J connectivity index is 2.25. The van der Waals surface area contributed by atoms with E-state index in [4.69, 9.17) is 5.11 Å². The maximum atomic E-state index is 12.0. The zero-order valence-corrected chi connectivity index (χ0v) is 17.0. The molecule has 1 heterocycles. The van der Waals surface area contributed by atoms with Crippen LogP contribution in [0.25, 0.3) is 0 Å². The molecule has 7 heteroatoms. The van der Waals surface area contributed by atoms with Crippen molar-refractivity contribution in [3.8, 4) is 0 Å². The fourth-order valence-electron chi connectivity index (χ4n) is 2.68. The molecule has 0 aromatic heterocycles. The number of carbonyl (C=O) groups excluding carboxylic acids is 1. The first-order valence-corrected chi connectivity index (χ1v) is 11.5. The lowest BCUT2D eigenvalue weighted by molar-refractivity contribution is -0.137. The van der Waals surface area contributed by atoms with Gasteiger partial charge in [0.1, 0.15) is 0 Å². The van der Waals surface area contributed by atoms with Crippen LogP contribution in [0, 0.1) is 0 Å². The smallest absolute Gasteiger partial charge is 0.303 e. The molecule has 0 aromatic carbocycles. The molecule has 1 fully saturated rings. The number of carboxylic acids is 1. The molecule has 1 amide bonds. The zero-order valence-electron chi connectivity index (χ0n) is 15.3. The van der Waals surface area contributed by atoms with Crippen molar-refractivity contribution >= 4 is 35.4 Å². The number of aliphatic hydroxyl groups is 1. The minimum Gasteiger partial charge on any atom is -0.481 e. The third-order valence-corrected chi connectivity index (χ3v) is 6.27. The first-order chi connectivity index (χ1) is 12.5. The molecule has 0 radical (unpaired) electrons. The van der Waals surface area contributed by atoms with Gasteiger partial charge in [-0.2, -0.15) is 23.5 Å². The number of hydrogen-bond donors (Lipinski definition) is 2. The van der Waals surface area contributed by atoms with E-state index in [1.165, 1.54) is 0 Å². The van der Waals surface area contributed by atoms with Gasteiger partial charge in [-0.15, -0.1) is 6.58 Å². The number of rotatable bonds is 15. The van der Waals surface area contributed by atoms with Crippen LogP contribution in [0.1, 0.15) is 38.5 Å². The van der Waals surface area contributed by atoms with Crippen LogP contribution < -0.4 is 0 Å². The molecule has 1 saturated heterocycles. The highest BCUT2D eigenvalue weighted by atomic mass is 32.2. The average Bonchev–Trinajstić information content (AvgIpc) is 2.95. The van der Waals surface area contributed by atoms with E-state index in [0.29, 0.717) is 25.1 Å². The maximum absolute atomic E-state index is 12.0. The van der Waals surface area contributed by atoms with Crippen LogP contribution in [0.4, 0.5) is 0 Å². The van der Waals surface area contributed by atoms with Crippen LogP contribution in [0.15, 0.2) is 24.8 Å². The van der Waals surface area contributed by atoms with Gasteiger partial charge in [-0.05, 0) is 37.2 Å². The highest BCUT2D eigenvalue weighted by Gasteiger charge is 2.28. The molecule has 148 valence electrons. The molecule has 1 aliphatic rings. The molecular formula is C19H31NO4S2. The normalized spacial score (nSPS) is 18.6. The number of aliphatic carboxylic acids is 1. The number of unbranched alkanes of at least 4 members (excludes halogenated alkanes) is 1. The lowest BCUT2D eigenvalue weighted by atomic mass is 10.2. The zero-order chi connectivity index (χ0) is 19.2. The summed E-state index contributed by atoms with van der Waals surface area (Å²) in [7, 11) is 0. The van der Waals surface area contributed by atoms with Gasteiger partial charge in [0.25, 0.3) is 0 Å². The second-order valence-corrected chi connectivity index (χ2v) is 8.64. The second kappa shape index (κ2) is 14.2. The lowest BCUT2D eigenvalue weighted by Gasteiger charge is -2.22. The Morgan fingerprint density at radius 1 is 1.31 bits per heavy atom. The monoisotopic (exact) mass is 401 g/mol. The standard InChI is InChI=1S/C19H31NO4S2/c1-2-3-4-12-26-15-17(21)9-7-16-8-10-18(22)20(16)11-14-25-13-5-6-19(23)24/h2,7,9,16-17,21H,1,3-6,8,10-15H2,(H,23,24)/b9-7+/t16-,17?/m0/s1. The molecule has 0 spiro atoms. The van der Waals surface area contributed by atoms with E-state index in [9.17, 15) is 14.7 Å². The molecule has 1 rings (SSSR count). The average molecular weight is 402 g/mol. The molecule has 26 heavy (non-hydrogen) atoms. The molecule has 1 unspecified atom stereocenters. The molecule has 1 aliphatic heterocycles. The van der Waals surface area contributed by atoms with Crippen LogP contribution in [0.5, 0.6) is 0 Å². The molecule has 0 bridgehead atoms. The lowest BCUT2D eigenvalue weighted by Crippen LogP contribution is -2.34. The summed E-state index contributed by atoms with van der Waals surface area (Å²) in [5.74, 6) is 2.72. The Morgan fingerprint density at radius 3 is 2.81 bits per heavy atom. The predicted molar refractivity (Wildman–Crippen MR) is 111 cm³/mol. The van der Waals surface area contributed by atoms with Crippen molar-refractivity contribution < 1.29 is 19.8 Å². The summed E-state index contributed by atoms with van der Waals surface area (Å²) in [4.78, 5) is 24.4. The summed E-state index contributed by atoms with van der Waals surface area (Å²) in [6.45, 7) is 4.37. The van der Waals surface area contributed by atoms with Gasteiger partial charge in [-0.1, -0.05) is 18.2 Å². The molecule has 2 N–H and O–H groups in total. The van der Waals surface area contributed by atoms with Crippen LogP contribution in [-0.4, -0.2) is 68.7 Å². The molecule has 0 aromatic rings. The quantitative estimate of drug-likeness (QED) is 0.324. The number of carbonyl (C=O) groups is 2.